The predicted octanol–water partition coefficient (Wildman–Crippen LogP) is 3.60. The number of methoxy groups -OCH3 is 1. The minimum atomic E-state index is -0.0819. The molecular formula is C19H23NO3S. The van der Waals surface area contributed by atoms with Crippen molar-refractivity contribution in [1.82, 2.24) is 5.32 Å². The monoisotopic (exact) mass is 345 g/mol. The number of amides is 1. The molecule has 0 unspecified atom stereocenters. The maximum absolute atomic E-state index is 11.8. The Balaban J connectivity index is 1.69. The third-order valence-electron chi connectivity index (χ3n) is 3.28. The lowest BCUT2D eigenvalue weighted by Gasteiger charge is -2.04. The van der Waals surface area contributed by atoms with E-state index in [9.17, 15) is 4.79 Å². The van der Waals surface area contributed by atoms with Gasteiger partial charge in [-0.15, -0.1) is 11.3 Å². The van der Waals surface area contributed by atoms with Crippen molar-refractivity contribution < 1.29 is 14.3 Å². The highest BCUT2D eigenvalue weighted by Crippen LogP contribution is 2.28. The van der Waals surface area contributed by atoms with Crippen LogP contribution in [0.3, 0.4) is 0 Å². The lowest BCUT2D eigenvalue weighted by atomic mass is 10.2. The molecular weight excluding hydrogens is 322 g/mol. The quantitative estimate of drug-likeness (QED) is 0.529. The zero-order chi connectivity index (χ0) is 17.0. The first-order chi connectivity index (χ1) is 11.8. The predicted molar refractivity (Wildman–Crippen MR) is 99.1 cm³/mol. The minimum absolute atomic E-state index is 0.0819. The van der Waals surface area contributed by atoms with Crippen molar-refractivity contribution in [2.45, 2.75) is 6.42 Å². The molecule has 1 aromatic carbocycles. The molecule has 0 aliphatic rings. The molecule has 4 nitrogen and oxygen atoms in total. The van der Waals surface area contributed by atoms with Crippen LogP contribution in [-0.4, -0.2) is 39.4 Å². The summed E-state index contributed by atoms with van der Waals surface area (Å²) in [5.41, 5.74) is 1.19. The number of rotatable bonds is 10. The second-order valence-electron chi connectivity index (χ2n) is 5.15. The third-order valence-corrected chi connectivity index (χ3v) is 4.38. The van der Waals surface area contributed by atoms with Gasteiger partial charge in [-0.25, -0.2) is 0 Å². The third kappa shape index (κ3) is 6.66. The van der Waals surface area contributed by atoms with Crippen LogP contribution in [-0.2, 0) is 14.3 Å². The summed E-state index contributed by atoms with van der Waals surface area (Å²) in [6, 6.07) is 14.3. The van der Waals surface area contributed by atoms with E-state index >= 15 is 0 Å². The van der Waals surface area contributed by atoms with Gasteiger partial charge in [-0.2, -0.15) is 0 Å². The highest BCUT2D eigenvalue weighted by molar-refractivity contribution is 7.16. The van der Waals surface area contributed by atoms with Crippen LogP contribution in [0.4, 0.5) is 0 Å². The smallest absolute Gasteiger partial charge is 0.244 e. The first kappa shape index (κ1) is 18.4. The average Bonchev–Trinajstić information content (AvgIpc) is 3.09. The van der Waals surface area contributed by atoms with Crippen molar-refractivity contribution in [3.8, 4) is 10.4 Å². The molecule has 0 saturated heterocycles. The van der Waals surface area contributed by atoms with Crippen LogP contribution < -0.4 is 5.32 Å². The lowest BCUT2D eigenvalue weighted by Crippen LogP contribution is -2.23. The SMILES string of the molecule is COCCOCCCNC(=O)/C=C/c1ccc(-c2ccccc2)s1. The van der Waals surface area contributed by atoms with E-state index in [0.717, 1.165) is 11.3 Å². The summed E-state index contributed by atoms with van der Waals surface area (Å²) in [4.78, 5) is 14.0. The number of carbonyl (C=O) groups is 1. The van der Waals surface area contributed by atoms with E-state index in [2.05, 4.69) is 23.5 Å². The number of benzene rings is 1. The first-order valence-corrected chi connectivity index (χ1v) is 8.79. The van der Waals surface area contributed by atoms with Gasteiger partial charge in [0.2, 0.25) is 5.91 Å². The molecule has 2 rings (SSSR count). The number of hydrogen-bond acceptors (Lipinski definition) is 4. The largest absolute Gasteiger partial charge is 0.382 e. The Kier molecular flexibility index (Phi) is 8.24. The molecule has 2 aromatic rings. The molecule has 1 aromatic heterocycles. The molecule has 0 spiro atoms. The molecule has 0 aliphatic heterocycles. The van der Waals surface area contributed by atoms with Crippen LogP contribution in [0.5, 0.6) is 0 Å². The van der Waals surface area contributed by atoms with Gasteiger partial charge >= 0.3 is 0 Å². The average molecular weight is 345 g/mol. The van der Waals surface area contributed by atoms with Gasteiger partial charge in [0.05, 0.1) is 13.2 Å². The number of thiophene rings is 1. The maximum atomic E-state index is 11.8. The van der Waals surface area contributed by atoms with Crippen LogP contribution >= 0.6 is 11.3 Å². The highest BCUT2D eigenvalue weighted by Gasteiger charge is 2.01. The zero-order valence-electron chi connectivity index (χ0n) is 13.9. The van der Waals surface area contributed by atoms with E-state index < -0.39 is 0 Å². The Labute approximate surface area is 147 Å². The van der Waals surface area contributed by atoms with Crippen molar-refractivity contribution in [3.05, 3.63) is 53.4 Å². The number of ether oxygens (including phenoxy) is 2. The Morgan fingerprint density at radius 2 is 1.96 bits per heavy atom. The summed E-state index contributed by atoms with van der Waals surface area (Å²) >= 11 is 1.67. The van der Waals surface area contributed by atoms with Crippen molar-refractivity contribution >= 4 is 23.3 Å². The fraction of sp³-hybridized carbons (Fsp3) is 0.316. The summed E-state index contributed by atoms with van der Waals surface area (Å²) in [6.45, 7) is 2.42. The van der Waals surface area contributed by atoms with Gasteiger partial charge in [0.25, 0.3) is 0 Å². The topological polar surface area (TPSA) is 47.6 Å². The van der Waals surface area contributed by atoms with E-state index in [1.807, 2.05) is 30.3 Å². The standard InChI is InChI=1S/C19H23NO3S/c1-22-14-15-23-13-5-12-20-19(21)11-9-17-8-10-18(24-17)16-6-3-2-4-7-16/h2-4,6-11H,5,12-15H2,1H3,(H,20,21)/b11-9+. The maximum Gasteiger partial charge on any atom is 0.244 e. The van der Waals surface area contributed by atoms with Crippen LogP contribution in [0.1, 0.15) is 11.3 Å². The van der Waals surface area contributed by atoms with Crippen molar-refractivity contribution in [2.24, 2.45) is 0 Å². The number of hydrogen-bond donors (Lipinski definition) is 1. The molecule has 0 saturated carbocycles. The van der Waals surface area contributed by atoms with E-state index in [1.165, 1.54) is 10.4 Å². The lowest BCUT2D eigenvalue weighted by molar-refractivity contribution is -0.116. The first-order valence-electron chi connectivity index (χ1n) is 7.97. The molecule has 0 bridgehead atoms. The second-order valence-corrected chi connectivity index (χ2v) is 6.27. The molecule has 5 heteroatoms. The molecule has 1 heterocycles. The zero-order valence-corrected chi connectivity index (χ0v) is 14.7. The number of nitrogens with one attached hydrogen (secondary N) is 1. The molecule has 1 amide bonds. The summed E-state index contributed by atoms with van der Waals surface area (Å²) in [5, 5.41) is 2.85. The Morgan fingerprint density at radius 3 is 2.75 bits per heavy atom. The molecule has 128 valence electrons. The summed E-state index contributed by atoms with van der Waals surface area (Å²) in [5.74, 6) is -0.0819. The van der Waals surface area contributed by atoms with Crippen LogP contribution in [0.2, 0.25) is 0 Å². The summed E-state index contributed by atoms with van der Waals surface area (Å²) < 4.78 is 10.2. The van der Waals surface area contributed by atoms with Crippen molar-refractivity contribution in [2.75, 3.05) is 33.5 Å². The summed E-state index contributed by atoms with van der Waals surface area (Å²) in [7, 11) is 1.65. The molecule has 0 fully saturated rings. The fourth-order valence-electron chi connectivity index (χ4n) is 2.05. The van der Waals surface area contributed by atoms with E-state index in [1.54, 1.807) is 24.5 Å². The van der Waals surface area contributed by atoms with Crippen LogP contribution in [0.25, 0.3) is 16.5 Å². The Hall–Kier alpha value is -1.95. The molecule has 24 heavy (non-hydrogen) atoms. The van der Waals surface area contributed by atoms with Crippen molar-refractivity contribution in [1.29, 1.82) is 0 Å². The van der Waals surface area contributed by atoms with Gasteiger partial charge in [-0.3, -0.25) is 4.79 Å². The molecule has 0 atom stereocenters. The fourth-order valence-corrected chi connectivity index (χ4v) is 2.96. The van der Waals surface area contributed by atoms with E-state index in [4.69, 9.17) is 9.47 Å². The Morgan fingerprint density at radius 1 is 1.12 bits per heavy atom. The molecule has 0 radical (unpaired) electrons. The van der Waals surface area contributed by atoms with Gasteiger partial charge in [0, 0.05) is 36.1 Å². The second kappa shape index (κ2) is 10.8. The molecule has 0 aliphatic carbocycles. The van der Waals surface area contributed by atoms with Gasteiger partial charge in [0.1, 0.15) is 0 Å². The van der Waals surface area contributed by atoms with E-state index in [-0.39, 0.29) is 5.91 Å². The van der Waals surface area contributed by atoms with Crippen molar-refractivity contribution in [3.63, 3.8) is 0 Å². The van der Waals surface area contributed by atoms with Gasteiger partial charge in [0.15, 0.2) is 0 Å². The van der Waals surface area contributed by atoms with E-state index in [0.29, 0.717) is 26.4 Å². The normalized spacial score (nSPS) is 11.0. The van der Waals surface area contributed by atoms with Gasteiger partial charge < -0.3 is 14.8 Å². The summed E-state index contributed by atoms with van der Waals surface area (Å²) in [6.07, 6.45) is 4.22. The Bertz CT molecular complexity index is 637. The van der Waals surface area contributed by atoms with Crippen LogP contribution in [0.15, 0.2) is 48.5 Å². The minimum Gasteiger partial charge on any atom is -0.382 e. The van der Waals surface area contributed by atoms with Gasteiger partial charge in [-0.05, 0) is 30.2 Å². The highest BCUT2D eigenvalue weighted by atomic mass is 32.1. The van der Waals surface area contributed by atoms with Crippen LogP contribution in [0, 0.1) is 0 Å². The van der Waals surface area contributed by atoms with Gasteiger partial charge in [-0.1, -0.05) is 30.3 Å². The molecule has 1 N–H and O–H groups in total. The number of carbonyl (C=O) groups excluding carboxylic acids is 1.